The number of allylic oxidation sites excluding steroid dienone is 1. The first-order chi connectivity index (χ1) is 17.7. The Bertz CT molecular complexity index is 1680. The molecule has 1 aromatic heterocycles. The van der Waals surface area contributed by atoms with E-state index in [0.29, 0.717) is 0 Å². The van der Waals surface area contributed by atoms with Gasteiger partial charge in [-0.25, -0.2) is 9.97 Å². The average molecular weight is 463 g/mol. The third kappa shape index (κ3) is 3.87. The third-order valence-electron chi connectivity index (χ3n) is 6.79. The summed E-state index contributed by atoms with van der Waals surface area (Å²) < 4.78 is 0. The minimum absolute atomic E-state index is 0.732. The highest BCUT2D eigenvalue weighted by molar-refractivity contribution is 6.13. The van der Waals surface area contributed by atoms with E-state index in [0.717, 1.165) is 33.9 Å². The van der Waals surface area contributed by atoms with Gasteiger partial charge in [0.2, 0.25) is 0 Å². The molecule has 36 heavy (non-hydrogen) atoms. The summed E-state index contributed by atoms with van der Waals surface area (Å²) in [5, 5.41) is 5.05. The standard InChI is InChI=1S/C34H26N2/c1-3-12-27-23(2)28-17-10-11-18-29(28)31-21-26(19-20-30(27)31)33-22-32(24-13-6-4-7-14-24)35-34(36-33)25-15-8-5-9-16-25/h3-22H,1-2H3/b12-3-. The Morgan fingerprint density at radius 2 is 1.14 bits per heavy atom. The fraction of sp³-hybridized carbons (Fsp3) is 0.0588. The summed E-state index contributed by atoms with van der Waals surface area (Å²) in [6.45, 7) is 4.29. The zero-order chi connectivity index (χ0) is 24.5. The van der Waals surface area contributed by atoms with Crippen LogP contribution in [0.3, 0.4) is 0 Å². The van der Waals surface area contributed by atoms with Crippen molar-refractivity contribution in [3.8, 4) is 33.9 Å². The van der Waals surface area contributed by atoms with Crippen molar-refractivity contribution < 1.29 is 0 Å². The number of fused-ring (bicyclic) bond motifs is 3. The Balaban J connectivity index is 1.62. The van der Waals surface area contributed by atoms with Crippen molar-refractivity contribution in [2.45, 2.75) is 13.8 Å². The maximum atomic E-state index is 5.04. The molecule has 2 nitrogen and oxygen atoms in total. The predicted molar refractivity (Wildman–Crippen MR) is 153 cm³/mol. The maximum Gasteiger partial charge on any atom is 0.160 e. The number of aromatic nitrogens is 2. The van der Waals surface area contributed by atoms with Crippen molar-refractivity contribution in [1.29, 1.82) is 0 Å². The second-order valence-electron chi connectivity index (χ2n) is 9.04. The molecule has 2 heteroatoms. The molecule has 0 radical (unpaired) electrons. The second kappa shape index (κ2) is 9.24. The highest BCUT2D eigenvalue weighted by Gasteiger charge is 2.14. The normalized spacial score (nSPS) is 11.5. The zero-order valence-corrected chi connectivity index (χ0v) is 20.4. The predicted octanol–water partition coefficient (Wildman–Crippen LogP) is 9.13. The van der Waals surface area contributed by atoms with E-state index in [9.17, 15) is 0 Å². The highest BCUT2D eigenvalue weighted by Crippen LogP contribution is 2.36. The lowest BCUT2D eigenvalue weighted by Crippen LogP contribution is -1.96. The first-order valence-corrected chi connectivity index (χ1v) is 12.3. The number of rotatable bonds is 4. The molecule has 0 aliphatic carbocycles. The Kier molecular flexibility index (Phi) is 5.63. The van der Waals surface area contributed by atoms with Crippen LogP contribution in [0.15, 0.2) is 115 Å². The lowest BCUT2D eigenvalue weighted by atomic mass is 9.90. The molecule has 0 unspecified atom stereocenters. The van der Waals surface area contributed by atoms with Crippen molar-refractivity contribution in [3.05, 3.63) is 126 Å². The molecule has 0 aliphatic rings. The zero-order valence-electron chi connectivity index (χ0n) is 20.4. The molecule has 0 saturated carbocycles. The van der Waals surface area contributed by atoms with Crippen LogP contribution in [0.1, 0.15) is 18.1 Å². The van der Waals surface area contributed by atoms with E-state index in [1.165, 1.54) is 32.7 Å². The molecule has 0 N–H and O–H groups in total. The molecule has 0 fully saturated rings. The van der Waals surface area contributed by atoms with Crippen LogP contribution in [0.2, 0.25) is 0 Å². The van der Waals surface area contributed by atoms with Crippen LogP contribution in [0.5, 0.6) is 0 Å². The Hall–Kier alpha value is -4.56. The Labute approximate surface area is 211 Å². The van der Waals surface area contributed by atoms with Crippen molar-refractivity contribution >= 4 is 27.6 Å². The van der Waals surface area contributed by atoms with E-state index in [2.05, 4.69) is 98.8 Å². The van der Waals surface area contributed by atoms with Gasteiger partial charge in [0, 0.05) is 16.7 Å². The van der Waals surface area contributed by atoms with Crippen molar-refractivity contribution in [2.75, 3.05) is 0 Å². The molecule has 0 aliphatic heterocycles. The van der Waals surface area contributed by atoms with Gasteiger partial charge < -0.3 is 0 Å². The molecule has 6 aromatic rings. The summed E-state index contributed by atoms with van der Waals surface area (Å²) in [5.74, 6) is 0.732. The van der Waals surface area contributed by atoms with Crippen LogP contribution in [-0.4, -0.2) is 9.97 Å². The highest BCUT2D eigenvalue weighted by atomic mass is 14.9. The van der Waals surface area contributed by atoms with Gasteiger partial charge in [0.05, 0.1) is 11.4 Å². The van der Waals surface area contributed by atoms with E-state index in [4.69, 9.17) is 9.97 Å². The summed E-state index contributed by atoms with van der Waals surface area (Å²) >= 11 is 0. The fourth-order valence-corrected chi connectivity index (χ4v) is 5.00. The molecule has 0 atom stereocenters. The van der Waals surface area contributed by atoms with E-state index in [1.54, 1.807) is 0 Å². The topological polar surface area (TPSA) is 25.8 Å². The Morgan fingerprint density at radius 1 is 0.528 bits per heavy atom. The molecule has 172 valence electrons. The number of nitrogens with zero attached hydrogens (tertiary/aromatic N) is 2. The van der Waals surface area contributed by atoms with Crippen LogP contribution >= 0.6 is 0 Å². The summed E-state index contributed by atoms with van der Waals surface area (Å²) in [4.78, 5) is 9.98. The van der Waals surface area contributed by atoms with Gasteiger partial charge in [-0.15, -0.1) is 0 Å². The third-order valence-corrected chi connectivity index (χ3v) is 6.79. The molecule has 1 heterocycles. The molecular formula is C34H26N2. The number of benzene rings is 5. The first kappa shape index (κ1) is 21.9. The summed E-state index contributed by atoms with van der Waals surface area (Å²) in [5.41, 5.74) is 7.59. The van der Waals surface area contributed by atoms with Crippen LogP contribution < -0.4 is 0 Å². The molecule has 0 bridgehead atoms. The molecule has 5 aromatic carbocycles. The maximum absolute atomic E-state index is 5.04. The average Bonchev–Trinajstić information content (AvgIpc) is 2.96. The molecule has 0 saturated heterocycles. The summed E-state index contributed by atoms with van der Waals surface area (Å²) in [7, 11) is 0. The van der Waals surface area contributed by atoms with Gasteiger partial charge >= 0.3 is 0 Å². The van der Waals surface area contributed by atoms with E-state index in [1.807, 2.05) is 36.4 Å². The van der Waals surface area contributed by atoms with Crippen LogP contribution in [0.25, 0.3) is 61.5 Å². The van der Waals surface area contributed by atoms with Gasteiger partial charge in [-0.05, 0) is 58.7 Å². The van der Waals surface area contributed by atoms with E-state index in [-0.39, 0.29) is 0 Å². The SMILES string of the molecule is C/C=C\c1c(C)c2ccccc2c2cc(-c3cc(-c4ccccc4)nc(-c4ccccc4)n3)ccc12. The van der Waals surface area contributed by atoms with Crippen LogP contribution in [0, 0.1) is 6.92 Å². The summed E-state index contributed by atoms with van der Waals surface area (Å²) in [6.07, 6.45) is 4.34. The number of hydrogen-bond donors (Lipinski definition) is 0. The monoisotopic (exact) mass is 462 g/mol. The Morgan fingerprint density at radius 3 is 1.83 bits per heavy atom. The fourth-order valence-electron chi connectivity index (χ4n) is 5.00. The number of aryl methyl sites for hydroxylation is 1. The minimum Gasteiger partial charge on any atom is -0.228 e. The van der Waals surface area contributed by atoms with Gasteiger partial charge in [-0.2, -0.15) is 0 Å². The van der Waals surface area contributed by atoms with Gasteiger partial charge in [-0.3, -0.25) is 0 Å². The minimum atomic E-state index is 0.732. The molecule has 6 rings (SSSR count). The first-order valence-electron chi connectivity index (χ1n) is 12.3. The van der Waals surface area contributed by atoms with Crippen molar-refractivity contribution in [3.63, 3.8) is 0 Å². The van der Waals surface area contributed by atoms with Crippen LogP contribution in [0.4, 0.5) is 0 Å². The van der Waals surface area contributed by atoms with E-state index < -0.39 is 0 Å². The quantitative estimate of drug-likeness (QED) is 0.244. The number of hydrogen-bond acceptors (Lipinski definition) is 2. The van der Waals surface area contributed by atoms with Gasteiger partial charge in [-0.1, -0.05) is 109 Å². The second-order valence-corrected chi connectivity index (χ2v) is 9.04. The lowest BCUT2D eigenvalue weighted by Gasteiger charge is -2.14. The van der Waals surface area contributed by atoms with E-state index >= 15 is 0 Å². The summed E-state index contributed by atoms with van der Waals surface area (Å²) in [6, 6.07) is 38.0. The van der Waals surface area contributed by atoms with Gasteiger partial charge in [0.1, 0.15) is 0 Å². The van der Waals surface area contributed by atoms with Gasteiger partial charge in [0.25, 0.3) is 0 Å². The van der Waals surface area contributed by atoms with Crippen LogP contribution in [-0.2, 0) is 0 Å². The molecular weight excluding hydrogens is 436 g/mol. The van der Waals surface area contributed by atoms with Gasteiger partial charge in [0.15, 0.2) is 5.82 Å². The largest absolute Gasteiger partial charge is 0.228 e. The molecule has 0 spiro atoms. The molecule has 0 amide bonds. The lowest BCUT2D eigenvalue weighted by molar-refractivity contribution is 1.18. The van der Waals surface area contributed by atoms with Crippen molar-refractivity contribution in [2.24, 2.45) is 0 Å². The smallest absolute Gasteiger partial charge is 0.160 e. The van der Waals surface area contributed by atoms with Crippen molar-refractivity contribution in [1.82, 2.24) is 9.97 Å².